The van der Waals surface area contributed by atoms with Crippen molar-refractivity contribution in [2.75, 3.05) is 33.9 Å². The highest BCUT2D eigenvalue weighted by atomic mass is 16.5. The molecule has 0 heterocycles. The molecule has 0 saturated heterocycles. The Morgan fingerprint density at radius 1 is 0.509 bits per heavy atom. The zero-order valence-corrected chi connectivity index (χ0v) is 38.1. The molecule has 0 aliphatic heterocycles. The molecule has 0 aliphatic carbocycles. The second-order valence-corrected chi connectivity index (χ2v) is 17.7. The third-order valence-corrected chi connectivity index (χ3v) is 11.3. The summed E-state index contributed by atoms with van der Waals surface area (Å²) in [7, 11) is 4.19. The number of ether oxygens (including phenoxy) is 2. The maximum atomic E-state index is 13.3. The average Bonchev–Trinajstić information content (AvgIpc) is 3.14. The highest BCUT2D eigenvalue weighted by molar-refractivity contribution is 5.70. The summed E-state index contributed by atoms with van der Waals surface area (Å²) in [5.41, 5.74) is 1.82. The van der Waals surface area contributed by atoms with Crippen LogP contribution in [-0.4, -0.2) is 50.7 Å². The van der Waals surface area contributed by atoms with Crippen molar-refractivity contribution in [1.29, 1.82) is 0 Å². The fourth-order valence-corrected chi connectivity index (χ4v) is 8.11. The number of rotatable bonds is 41. The van der Waals surface area contributed by atoms with E-state index in [4.69, 9.17) is 9.47 Å². The molecule has 0 rings (SSSR count). The van der Waals surface area contributed by atoms with Crippen LogP contribution in [0.15, 0.2) is 23.8 Å². The fraction of sp³-hybridized carbons (Fsp3) is 0.880. The van der Waals surface area contributed by atoms with Crippen LogP contribution in [0.5, 0.6) is 0 Å². The molecule has 0 fully saturated rings. The number of carbonyl (C=O) groups is 2. The summed E-state index contributed by atoms with van der Waals surface area (Å²) in [6.07, 6.45) is 39.2. The Hall–Kier alpha value is -1.62. The van der Waals surface area contributed by atoms with Crippen LogP contribution in [0.3, 0.4) is 0 Å². The predicted octanol–water partition coefficient (Wildman–Crippen LogP) is 15.2. The minimum Gasteiger partial charge on any atom is -0.461 e. The van der Waals surface area contributed by atoms with Gasteiger partial charge in [0.25, 0.3) is 0 Å². The lowest BCUT2D eigenvalue weighted by molar-refractivity contribution is -0.144. The van der Waals surface area contributed by atoms with Crippen molar-refractivity contribution < 1.29 is 19.1 Å². The number of unbranched alkanes of at least 4 members (excludes halogenated alkanes) is 20. The molecule has 0 radical (unpaired) electrons. The second kappa shape index (κ2) is 39.2. The maximum Gasteiger partial charge on any atom is 0.306 e. The monoisotopic (exact) mass is 774 g/mol. The number of hydrogen-bond acceptors (Lipinski definition) is 5. The van der Waals surface area contributed by atoms with Crippen LogP contribution in [-0.2, 0) is 19.1 Å². The minimum atomic E-state index is -0.104. The van der Waals surface area contributed by atoms with E-state index in [1.54, 1.807) is 0 Å². The van der Waals surface area contributed by atoms with Gasteiger partial charge in [0.05, 0.1) is 0 Å². The van der Waals surface area contributed by atoms with E-state index in [1.165, 1.54) is 154 Å². The van der Waals surface area contributed by atoms with Crippen molar-refractivity contribution in [3.63, 3.8) is 0 Å². The Morgan fingerprint density at radius 2 is 0.836 bits per heavy atom. The third-order valence-electron chi connectivity index (χ3n) is 11.3. The summed E-state index contributed by atoms with van der Waals surface area (Å²) in [6, 6.07) is 0. The standard InChI is InChI=1S/C50H95NO4/c1-9-13-17-21-25-29-33-46(34-30-26-22-18-14-10-2)39-49(52)54-42-45(6)38-48(37-44(5)41-51(7)8)43-55-50(53)40-47(35-31-27-23-19-15-11-3)36-32-28-24-20-16-12-4/h38,44,46-47H,6,9-37,39-43H2,1-5,7-8H3/b48-38+. The number of hydrogen-bond donors (Lipinski definition) is 0. The average molecular weight is 774 g/mol. The van der Waals surface area contributed by atoms with E-state index in [0.29, 0.717) is 30.6 Å². The second-order valence-electron chi connectivity index (χ2n) is 17.7. The van der Waals surface area contributed by atoms with Crippen LogP contribution < -0.4 is 0 Å². The smallest absolute Gasteiger partial charge is 0.306 e. The molecule has 0 amide bonds. The molecular weight excluding hydrogens is 679 g/mol. The van der Waals surface area contributed by atoms with E-state index >= 15 is 0 Å². The van der Waals surface area contributed by atoms with Crippen LogP contribution in [0.1, 0.15) is 234 Å². The molecule has 0 aromatic heterocycles. The molecule has 55 heavy (non-hydrogen) atoms. The number of nitrogens with zero attached hydrogens (tertiary/aromatic N) is 1. The number of esters is 2. The van der Waals surface area contributed by atoms with Gasteiger partial charge >= 0.3 is 11.9 Å². The van der Waals surface area contributed by atoms with E-state index < -0.39 is 0 Å². The molecule has 0 spiro atoms. The van der Waals surface area contributed by atoms with Gasteiger partial charge in [0.15, 0.2) is 0 Å². The topological polar surface area (TPSA) is 55.8 Å². The lowest BCUT2D eigenvalue weighted by Crippen LogP contribution is -2.21. The molecule has 0 aliphatic rings. The first-order valence-corrected chi connectivity index (χ1v) is 24.0. The molecule has 1 unspecified atom stereocenters. The first-order chi connectivity index (χ1) is 26.6. The van der Waals surface area contributed by atoms with Crippen molar-refractivity contribution in [2.24, 2.45) is 17.8 Å². The summed E-state index contributed by atoms with van der Waals surface area (Å²) < 4.78 is 11.8. The van der Waals surface area contributed by atoms with Crippen LogP contribution >= 0.6 is 0 Å². The Labute approximate surface area is 344 Å². The predicted molar refractivity (Wildman–Crippen MR) is 240 cm³/mol. The van der Waals surface area contributed by atoms with Gasteiger partial charge in [-0.2, -0.15) is 0 Å². The van der Waals surface area contributed by atoms with E-state index in [2.05, 4.69) is 60.2 Å². The van der Waals surface area contributed by atoms with Gasteiger partial charge in [-0.15, -0.1) is 0 Å². The molecule has 5 nitrogen and oxygen atoms in total. The van der Waals surface area contributed by atoms with Gasteiger partial charge in [-0.05, 0) is 75.1 Å². The Balaban J connectivity index is 5.29. The van der Waals surface area contributed by atoms with Gasteiger partial charge in [0, 0.05) is 19.4 Å². The Kier molecular flexibility index (Phi) is 38.1. The summed E-state index contributed by atoms with van der Waals surface area (Å²) in [5.74, 6) is 1.03. The minimum absolute atomic E-state index is 0.0769. The maximum absolute atomic E-state index is 13.3. The van der Waals surface area contributed by atoms with Crippen LogP contribution in [0.4, 0.5) is 0 Å². The van der Waals surface area contributed by atoms with Crippen molar-refractivity contribution in [2.45, 2.75) is 234 Å². The van der Waals surface area contributed by atoms with Gasteiger partial charge < -0.3 is 14.4 Å². The van der Waals surface area contributed by atoms with Crippen molar-refractivity contribution in [1.82, 2.24) is 4.90 Å². The Morgan fingerprint density at radius 3 is 1.18 bits per heavy atom. The van der Waals surface area contributed by atoms with E-state index in [1.807, 2.05) is 6.08 Å². The van der Waals surface area contributed by atoms with Gasteiger partial charge in [0.1, 0.15) is 13.2 Å². The molecule has 1 atom stereocenters. The summed E-state index contributed by atoms with van der Waals surface area (Å²) in [5, 5.41) is 0. The largest absolute Gasteiger partial charge is 0.461 e. The molecule has 0 N–H and O–H groups in total. The SMILES string of the molecule is C=C(/C=C(/COC(=O)CC(CCCCCCCC)CCCCCCCC)CC(C)CN(C)C)COC(=O)CC(CCCCCCCC)CCCCCCCC. The summed E-state index contributed by atoms with van der Waals surface area (Å²) in [4.78, 5) is 28.6. The molecule has 5 heteroatoms. The van der Waals surface area contributed by atoms with Gasteiger partial charge in [-0.25, -0.2) is 0 Å². The Bertz CT molecular complexity index is 895. The van der Waals surface area contributed by atoms with Gasteiger partial charge in [-0.3, -0.25) is 9.59 Å². The lowest BCUT2D eigenvalue weighted by atomic mass is 9.91. The quantitative estimate of drug-likeness (QED) is 0.0352. The normalized spacial score (nSPS) is 12.6. The number of carbonyl (C=O) groups excluding carboxylic acids is 2. The molecule has 0 aromatic rings. The van der Waals surface area contributed by atoms with E-state index in [-0.39, 0.29) is 25.2 Å². The molecular formula is C50H95NO4. The molecule has 0 bridgehead atoms. The van der Waals surface area contributed by atoms with E-state index in [9.17, 15) is 9.59 Å². The highest BCUT2D eigenvalue weighted by Gasteiger charge is 2.18. The molecule has 0 aromatic carbocycles. The van der Waals surface area contributed by atoms with Crippen molar-refractivity contribution in [3.05, 3.63) is 23.8 Å². The first kappa shape index (κ1) is 53.4. The third kappa shape index (κ3) is 36.5. The van der Waals surface area contributed by atoms with Crippen molar-refractivity contribution >= 4 is 11.9 Å². The zero-order valence-electron chi connectivity index (χ0n) is 38.1. The molecule has 324 valence electrons. The van der Waals surface area contributed by atoms with Gasteiger partial charge in [0.2, 0.25) is 0 Å². The first-order valence-electron chi connectivity index (χ1n) is 24.0. The lowest BCUT2D eigenvalue weighted by Gasteiger charge is -2.20. The van der Waals surface area contributed by atoms with Gasteiger partial charge in [-0.1, -0.05) is 201 Å². The fourth-order valence-electron chi connectivity index (χ4n) is 8.11. The van der Waals surface area contributed by atoms with E-state index in [0.717, 1.165) is 49.8 Å². The zero-order chi connectivity index (χ0) is 40.8. The van der Waals surface area contributed by atoms with Crippen LogP contribution in [0, 0.1) is 17.8 Å². The highest BCUT2D eigenvalue weighted by Crippen LogP contribution is 2.25. The summed E-state index contributed by atoms with van der Waals surface area (Å²) >= 11 is 0. The van der Waals surface area contributed by atoms with Crippen molar-refractivity contribution in [3.8, 4) is 0 Å². The molecule has 0 saturated carbocycles. The van der Waals surface area contributed by atoms with Crippen LogP contribution in [0.2, 0.25) is 0 Å². The summed E-state index contributed by atoms with van der Waals surface area (Å²) in [6.45, 7) is 17.0. The van der Waals surface area contributed by atoms with Crippen LogP contribution in [0.25, 0.3) is 0 Å².